The van der Waals surface area contributed by atoms with Gasteiger partial charge in [-0.25, -0.2) is 22.9 Å². The Morgan fingerprint density at radius 3 is 2.73 bits per heavy atom. The molecule has 1 unspecified atom stereocenters. The number of carbonyl (C=O) groups excluding carboxylic acids is 1. The van der Waals surface area contributed by atoms with Crippen LogP contribution >= 0.6 is 0 Å². The number of hydrogen-bond donors (Lipinski definition) is 1. The number of aromatic nitrogens is 2. The third-order valence-corrected chi connectivity index (χ3v) is 5.09. The molecule has 0 bridgehead atoms. The highest BCUT2D eigenvalue weighted by Gasteiger charge is 2.26. The largest absolute Gasteiger partial charge is 0.514 e. The molecule has 2 N–H and O–H groups in total. The standard InChI is InChI=1S/C22H19F3N4O4/c1-2-7-32-22(31)33-18-11-29(17-4-3-12(23)8-15(17)24)20-14(19(18)30)9-16(25)21(27-20)28-6-5-13(26)10-28/h2-4,8-9,11,13H,1,5-7,10,26H2. The molecule has 0 spiro atoms. The Hall–Kier alpha value is -3.86. The Kier molecular flexibility index (Phi) is 6.05. The van der Waals surface area contributed by atoms with E-state index in [2.05, 4.69) is 11.6 Å². The van der Waals surface area contributed by atoms with Gasteiger partial charge in [0.05, 0.1) is 17.3 Å². The lowest BCUT2D eigenvalue weighted by atomic mass is 10.2. The van der Waals surface area contributed by atoms with E-state index in [9.17, 15) is 22.8 Å². The lowest BCUT2D eigenvalue weighted by Crippen LogP contribution is -2.28. The van der Waals surface area contributed by atoms with Crippen LogP contribution < -0.4 is 20.8 Å². The smallest absolute Gasteiger partial charge is 0.430 e. The highest BCUT2D eigenvalue weighted by atomic mass is 19.1. The number of hydrogen-bond acceptors (Lipinski definition) is 7. The minimum atomic E-state index is -1.21. The molecule has 1 aliphatic rings. The molecule has 0 radical (unpaired) electrons. The van der Waals surface area contributed by atoms with Gasteiger partial charge in [0.1, 0.15) is 18.2 Å². The Balaban J connectivity index is 1.93. The third-order valence-electron chi connectivity index (χ3n) is 5.09. The highest BCUT2D eigenvalue weighted by Crippen LogP contribution is 2.28. The molecule has 11 heteroatoms. The van der Waals surface area contributed by atoms with Crippen LogP contribution in [0.2, 0.25) is 0 Å². The van der Waals surface area contributed by atoms with Gasteiger partial charge in [-0.2, -0.15) is 0 Å². The first kappa shape index (κ1) is 22.3. The summed E-state index contributed by atoms with van der Waals surface area (Å²) >= 11 is 0. The highest BCUT2D eigenvalue weighted by molar-refractivity contribution is 5.81. The number of rotatable bonds is 5. The first-order valence-corrected chi connectivity index (χ1v) is 9.96. The van der Waals surface area contributed by atoms with Crippen molar-refractivity contribution < 1.29 is 27.4 Å². The van der Waals surface area contributed by atoms with Crippen molar-refractivity contribution >= 4 is 23.0 Å². The maximum absolute atomic E-state index is 14.9. The second kappa shape index (κ2) is 8.94. The molecule has 0 aliphatic carbocycles. The summed E-state index contributed by atoms with van der Waals surface area (Å²) in [5.74, 6) is -3.22. The summed E-state index contributed by atoms with van der Waals surface area (Å²) in [6.07, 6.45) is 1.71. The van der Waals surface area contributed by atoms with Crippen LogP contribution in [-0.2, 0) is 4.74 Å². The molecule has 1 saturated heterocycles. The molecular formula is C22H19F3N4O4. The van der Waals surface area contributed by atoms with Gasteiger partial charge in [-0.1, -0.05) is 12.7 Å². The van der Waals surface area contributed by atoms with Crippen LogP contribution in [0.25, 0.3) is 16.7 Å². The zero-order valence-electron chi connectivity index (χ0n) is 17.3. The van der Waals surface area contributed by atoms with E-state index in [0.717, 1.165) is 29.0 Å². The summed E-state index contributed by atoms with van der Waals surface area (Å²) in [4.78, 5) is 30.7. The minimum Gasteiger partial charge on any atom is -0.430 e. The SMILES string of the molecule is C=CCOC(=O)Oc1cn(-c2ccc(F)cc2F)c2nc(N3CCC(N)C3)c(F)cc2c1=O. The number of pyridine rings is 2. The topological polar surface area (TPSA) is 99.7 Å². The van der Waals surface area contributed by atoms with Crippen molar-refractivity contribution in [2.75, 3.05) is 24.6 Å². The van der Waals surface area contributed by atoms with Crippen molar-refractivity contribution in [2.45, 2.75) is 12.5 Å². The summed E-state index contributed by atoms with van der Waals surface area (Å²) in [6.45, 7) is 4.01. The van der Waals surface area contributed by atoms with E-state index in [0.29, 0.717) is 25.6 Å². The molecule has 2 aromatic heterocycles. The molecule has 1 atom stereocenters. The van der Waals surface area contributed by atoms with Crippen molar-refractivity contribution in [3.63, 3.8) is 0 Å². The quantitative estimate of drug-likeness (QED) is 0.462. The average Bonchev–Trinajstić information content (AvgIpc) is 3.20. The molecular weight excluding hydrogens is 441 g/mol. The fourth-order valence-electron chi connectivity index (χ4n) is 3.57. The summed E-state index contributed by atoms with van der Waals surface area (Å²) < 4.78 is 53.8. The molecule has 1 fully saturated rings. The number of nitrogens with two attached hydrogens (primary N) is 1. The summed E-state index contributed by atoms with van der Waals surface area (Å²) in [5.41, 5.74) is 4.72. The molecule has 1 aliphatic heterocycles. The van der Waals surface area contributed by atoms with Crippen molar-refractivity contribution in [3.05, 3.63) is 70.8 Å². The Labute approximate surface area is 185 Å². The molecule has 8 nitrogen and oxygen atoms in total. The van der Waals surface area contributed by atoms with Crippen LogP contribution in [-0.4, -0.2) is 41.4 Å². The molecule has 33 heavy (non-hydrogen) atoms. The summed E-state index contributed by atoms with van der Waals surface area (Å²) in [6, 6.07) is 3.53. The maximum atomic E-state index is 14.9. The predicted molar refractivity (Wildman–Crippen MR) is 114 cm³/mol. The van der Waals surface area contributed by atoms with Crippen molar-refractivity contribution in [2.24, 2.45) is 5.73 Å². The zero-order chi connectivity index (χ0) is 23.7. The molecule has 4 rings (SSSR count). The maximum Gasteiger partial charge on any atom is 0.514 e. The number of anilines is 1. The molecule has 0 saturated carbocycles. The average molecular weight is 460 g/mol. The predicted octanol–water partition coefficient (Wildman–Crippen LogP) is 3.04. The first-order valence-electron chi connectivity index (χ1n) is 9.96. The van der Waals surface area contributed by atoms with Crippen LogP contribution in [0.5, 0.6) is 5.75 Å². The van der Waals surface area contributed by atoms with Gasteiger partial charge in [-0.05, 0) is 24.6 Å². The molecule has 172 valence electrons. The van der Waals surface area contributed by atoms with Crippen molar-refractivity contribution in [1.82, 2.24) is 9.55 Å². The van der Waals surface area contributed by atoms with E-state index in [1.807, 2.05) is 0 Å². The van der Waals surface area contributed by atoms with Crippen molar-refractivity contribution in [1.29, 1.82) is 0 Å². The third kappa shape index (κ3) is 4.40. The van der Waals surface area contributed by atoms with Gasteiger partial charge in [0, 0.05) is 25.2 Å². The van der Waals surface area contributed by atoms with Crippen LogP contribution in [0.3, 0.4) is 0 Å². The van der Waals surface area contributed by atoms with Crippen LogP contribution in [0.1, 0.15) is 6.42 Å². The number of fused-ring (bicyclic) bond motifs is 1. The van der Waals surface area contributed by atoms with Gasteiger partial charge < -0.3 is 20.1 Å². The monoisotopic (exact) mass is 460 g/mol. The molecule has 1 aromatic carbocycles. The molecule has 3 aromatic rings. The Morgan fingerprint density at radius 2 is 2.06 bits per heavy atom. The van der Waals surface area contributed by atoms with E-state index in [1.165, 1.54) is 6.08 Å². The fraction of sp³-hybridized carbons (Fsp3) is 0.227. The number of benzene rings is 1. The number of nitrogens with zero attached hydrogens (tertiary/aromatic N) is 3. The zero-order valence-corrected chi connectivity index (χ0v) is 17.3. The van der Waals surface area contributed by atoms with Crippen molar-refractivity contribution in [3.8, 4) is 11.4 Å². The molecule has 0 amide bonds. The van der Waals surface area contributed by atoms with Crippen LogP contribution in [0.4, 0.5) is 23.8 Å². The Morgan fingerprint density at radius 1 is 1.27 bits per heavy atom. The van der Waals surface area contributed by atoms with Gasteiger partial charge in [-0.15, -0.1) is 0 Å². The van der Waals surface area contributed by atoms with Gasteiger partial charge in [0.25, 0.3) is 0 Å². The second-order valence-electron chi connectivity index (χ2n) is 7.40. The van der Waals surface area contributed by atoms with E-state index in [4.69, 9.17) is 15.2 Å². The number of ether oxygens (including phenoxy) is 2. The van der Waals surface area contributed by atoms with Crippen LogP contribution in [0, 0.1) is 17.5 Å². The number of halogens is 3. The van der Waals surface area contributed by atoms with Gasteiger partial charge in [0.2, 0.25) is 5.43 Å². The van der Waals surface area contributed by atoms with Gasteiger partial charge in [-0.3, -0.25) is 9.36 Å². The lowest BCUT2D eigenvalue weighted by molar-refractivity contribution is 0.109. The molecule has 3 heterocycles. The van der Waals surface area contributed by atoms with Gasteiger partial charge >= 0.3 is 6.16 Å². The second-order valence-corrected chi connectivity index (χ2v) is 7.40. The Bertz CT molecular complexity index is 1310. The number of carbonyl (C=O) groups is 1. The summed E-state index contributed by atoms with van der Waals surface area (Å²) in [5, 5.41) is -0.280. The summed E-state index contributed by atoms with van der Waals surface area (Å²) in [7, 11) is 0. The normalized spacial score (nSPS) is 15.6. The van der Waals surface area contributed by atoms with Gasteiger partial charge in [0.15, 0.2) is 23.0 Å². The minimum absolute atomic E-state index is 0.0646. The first-order chi connectivity index (χ1) is 15.8. The fourth-order valence-corrected chi connectivity index (χ4v) is 3.57. The van der Waals surface area contributed by atoms with E-state index in [1.54, 1.807) is 4.90 Å². The van der Waals surface area contributed by atoms with Crippen LogP contribution in [0.15, 0.2) is 47.9 Å². The lowest BCUT2D eigenvalue weighted by Gasteiger charge is -2.20. The van der Waals surface area contributed by atoms with E-state index >= 15 is 0 Å². The van der Waals surface area contributed by atoms with E-state index in [-0.39, 0.29) is 35.2 Å². The van der Waals surface area contributed by atoms with E-state index < -0.39 is 34.8 Å².